The van der Waals surface area contributed by atoms with E-state index >= 15 is 0 Å². The van der Waals surface area contributed by atoms with Crippen LogP contribution < -0.4 is 0 Å². The number of hydrogen-bond acceptors (Lipinski definition) is 3. The van der Waals surface area contributed by atoms with Gasteiger partial charge in [-0.2, -0.15) is 5.10 Å². The molecule has 134 valence electrons. The number of likely N-dealkylation sites (tertiary alicyclic amines) is 1. The first kappa shape index (κ1) is 17.0. The van der Waals surface area contributed by atoms with Crippen LogP contribution in [0.3, 0.4) is 0 Å². The van der Waals surface area contributed by atoms with Crippen LogP contribution in [0.15, 0.2) is 30.3 Å². The summed E-state index contributed by atoms with van der Waals surface area (Å²) in [6.45, 7) is 5.02. The molecule has 0 radical (unpaired) electrons. The van der Waals surface area contributed by atoms with Gasteiger partial charge in [-0.25, -0.2) is 4.68 Å². The second-order valence-corrected chi connectivity index (χ2v) is 7.79. The predicted octanol–water partition coefficient (Wildman–Crippen LogP) is 4.71. The van der Waals surface area contributed by atoms with E-state index in [-0.39, 0.29) is 0 Å². The molecular formula is C20H28N4S. The molecule has 0 bridgehead atoms. The molecular weight excluding hydrogens is 328 g/mol. The van der Waals surface area contributed by atoms with Crippen LogP contribution in [0.2, 0.25) is 0 Å². The summed E-state index contributed by atoms with van der Waals surface area (Å²) in [7, 11) is 0. The summed E-state index contributed by atoms with van der Waals surface area (Å²) in [4.78, 5) is 2.64. The van der Waals surface area contributed by atoms with Crippen molar-refractivity contribution in [3.05, 3.63) is 35.1 Å². The summed E-state index contributed by atoms with van der Waals surface area (Å²) in [5.41, 5.74) is 1.14. The lowest BCUT2D eigenvalue weighted by molar-refractivity contribution is 0.0323. The molecule has 0 N–H and O–H groups in total. The number of rotatable bonds is 4. The zero-order chi connectivity index (χ0) is 17.2. The molecule has 4 rings (SSSR count). The number of fused-ring (bicyclic) bond motifs is 1. The highest BCUT2D eigenvalue weighted by molar-refractivity contribution is 7.71. The van der Waals surface area contributed by atoms with Gasteiger partial charge in [0.05, 0.1) is 6.67 Å². The molecule has 1 saturated heterocycles. The van der Waals surface area contributed by atoms with Crippen LogP contribution in [0, 0.1) is 10.7 Å². The van der Waals surface area contributed by atoms with Crippen molar-refractivity contribution in [3.63, 3.8) is 0 Å². The molecule has 2 atom stereocenters. The van der Waals surface area contributed by atoms with Gasteiger partial charge in [0.15, 0.2) is 10.6 Å². The third-order valence-corrected chi connectivity index (χ3v) is 6.38. The monoisotopic (exact) mass is 356 g/mol. The van der Waals surface area contributed by atoms with E-state index in [9.17, 15) is 0 Å². The maximum Gasteiger partial charge on any atom is 0.199 e. The fraction of sp³-hybridized carbons (Fsp3) is 0.600. The van der Waals surface area contributed by atoms with Gasteiger partial charge in [-0.1, -0.05) is 43.2 Å². The average Bonchev–Trinajstić information content (AvgIpc) is 2.98. The zero-order valence-electron chi connectivity index (χ0n) is 15.1. The molecule has 1 aliphatic heterocycles. The minimum atomic E-state index is 0.733. The van der Waals surface area contributed by atoms with Crippen LogP contribution >= 0.6 is 12.2 Å². The molecule has 2 aliphatic rings. The number of nitrogens with zero attached hydrogens (tertiary/aromatic N) is 4. The van der Waals surface area contributed by atoms with Gasteiger partial charge in [0.1, 0.15) is 0 Å². The fourth-order valence-electron chi connectivity index (χ4n) is 4.69. The van der Waals surface area contributed by atoms with Crippen LogP contribution in [0.1, 0.15) is 45.4 Å². The lowest BCUT2D eigenvalue weighted by Gasteiger charge is -2.43. The normalized spacial score (nSPS) is 24.2. The first-order chi connectivity index (χ1) is 12.3. The van der Waals surface area contributed by atoms with Gasteiger partial charge < -0.3 is 4.57 Å². The van der Waals surface area contributed by atoms with Gasteiger partial charge in [0, 0.05) is 24.7 Å². The molecule has 1 aromatic carbocycles. The second-order valence-electron chi connectivity index (χ2n) is 7.42. The SMILES string of the molecule is CCn1c(-c2ccccc2)nn(CN2CCC[C@H]3CCCC[C@@H]32)c1=S. The van der Waals surface area contributed by atoms with Gasteiger partial charge in [-0.05, 0) is 50.7 Å². The van der Waals surface area contributed by atoms with Crippen LogP contribution in [0.5, 0.6) is 0 Å². The van der Waals surface area contributed by atoms with E-state index in [2.05, 4.69) is 45.3 Å². The molecule has 0 amide bonds. The highest BCUT2D eigenvalue weighted by Crippen LogP contribution is 2.35. The Morgan fingerprint density at radius 2 is 1.84 bits per heavy atom. The molecule has 2 heterocycles. The van der Waals surface area contributed by atoms with Gasteiger partial charge >= 0.3 is 0 Å². The summed E-state index contributed by atoms with van der Waals surface area (Å²) in [5.74, 6) is 1.88. The second kappa shape index (κ2) is 7.42. The van der Waals surface area contributed by atoms with Gasteiger partial charge in [-0.15, -0.1) is 0 Å². The van der Waals surface area contributed by atoms with Crippen molar-refractivity contribution in [1.82, 2.24) is 19.2 Å². The lowest BCUT2D eigenvalue weighted by Crippen LogP contribution is -2.47. The Labute approximate surface area is 155 Å². The van der Waals surface area contributed by atoms with Crippen LogP contribution in [0.4, 0.5) is 0 Å². The standard InChI is InChI=1S/C20H28N4S/c1-2-23-19(17-10-4-3-5-11-17)21-24(20(23)25)15-22-14-8-12-16-9-6-7-13-18(16)22/h3-5,10-11,16,18H,2,6-9,12-15H2,1H3/t16-,18+/m1/s1. The van der Waals surface area contributed by atoms with Crippen molar-refractivity contribution in [2.75, 3.05) is 6.54 Å². The Bertz CT molecular complexity index is 762. The molecule has 25 heavy (non-hydrogen) atoms. The van der Waals surface area contributed by atoms with E-state index in [4.69, 9.17) is 17.3 Å². The first-order valence-electron chi connectivity index (χ1n) is 9.75. The van der Waals surface area contributed by atoms with Crippen molar-refractivity contribution in [3.8, 4) is 11.4 Å². The summed E-state index contributed by atoms with van der Waals surface area (Å²) in [6, 6.07) is 11.1. The van der Waals surface area contributed by atoms with E-state index in [1.807, 2.05) is 6.07 Å². The summed E-state index contributed by atoms with van der Waals surface area (Å²) in [5, 5.41) is 4.92. The molecule has 2 fully saturated rings. The Morgan fingerprint density at radius 3 is 2.64 bits per heavy atom. The van der Waals surface area contributed by atoms with E-state index < -0.39 is 0 Å². The van der Waals surface area contributed by atoms with E-state index in [0.717, 1.165) is 41.3 Å². The summed E-state index contributed by atoms with van der Waals surface area (Å²) in [6.07, 6.45) is 8.27. The Morgan fingerprint density at radius 1 is 1.08 bits per heavy atom. The average molecular weight is 357 g/mol. The highest BCUT2D eigenvalue weighted by atomic mass is 32.1. The minimum Gasteiger partial charge on any atom is -0.300 e. The lowest BCUT2D eigenvalue weighted by atomic mass is 9.78. The van der Waals surface area contributed by atoms with Crippen LogP contribution in [-0.2, 0) is 13.2 Å². The first-order valence-corrected chi connectivity index (χ1v) is 10.2. The number of hydrogen-bond donors (Lipinski definition) is 0. The molecule has 0 spiro atoms. The molecule has 5 heteroatoms. The Balaban J connectivity index is 1.62. The minimum absolute atomic E-state index is 0.733. The molecule has 0 unspecified atom stereocenters. The molecule has 1 saturated carbocycles. The molecule has 4 nitrogen and oxygen atoms in total. The zero-order valence-corrected chi connectivity index (χ0v) is 15.9. The number of aromatic nitrogens is 3. The van der Waals surface area contributed by atoms with E-state index in [1.54, 1.807) is 0 Å². The predicted molar refractivity (Wildman–Crippen MR) is 104 cm³/mol. The fourth-order valence-corrected chi connectivity index (χ4v) is 5.01. The van der Waals surface area contributed by atoms with Crippen molar-refractivity contribution in [1.29, 1.82) is 0 Å². The number of benzene rings is 1. The van der Waals surface area contributed by atoms with Gasteiger partial charge in [0.25, 0.3) is 0 Å². The summed E-state index contributed by atoms with van der Waals surface area (Å²) < 4.78 is 5.06. The molecule has 2 aromatic rings. The smallest absolute Gasteiger partial charge is 0.199 e. The van der Waals surface area contributed by atoms with E-state index in [1.165, 1.54) is 45.1 Å². The van der Waals surface area contributed by atoms with E-state index in [0.29, 0.717) is 0 Å². The summed E-state index contributed by atoms with van der Waals surface area (Å²) >= 11 is 5.76. The largest absolute Gasteiger partial charge is 0.300 e. The van der Waals surface area contributed by atoms with Crippen molar-refractivity contribution >= 4 is 12.2 Å². The van der Waals surface area contributed by atoms with Gasteiger partial charge in [0.2, 0.25) is 0 Å². The Kier molecular flexibility index (Phi) is 5.04. The third kappa shape index (κ3) is 3.32. The van der Waals surface area contributed by atoms with Gasteiger partial charge in [-0.3, -0.25) is 4.90 Å². The van der Waals surface area contributed by atoms with Crippen LogP contribution in [-0.4, -0.2) is 31.8 Å². The van der Waals surface area contributed by atoms with Crippen molar-refractivity contribution in [2.45, 2.75) is 64.7 Å². The maximum absolute atomic E-state index is 5.76. The maximum atomic E-state index is 5.76. The van der Waals surface area contributed by atoms with Crippen molar-refractivity contribution in [2.24, 2.45) is 5.92 Å². The highest BCUT2D eigenvalue weighted by Gasteiger charge is 2.33. The quantitative estimate of drug-likeness (QED) is 0.742. The number of piperidine rings is 1. The molecule has 1 aliphatic carbocycles. The van der Waals surface area contributed by atoms with Crippen LogP contribution in [0.25, 0.3) is 11.4 Å². The Hall–Kier alpha value is -1.46. The third-order valence-electron chi connectivity index (χ3n) is 5.94. The van der Waals surface area contributed by atoms with Crippen molar-refractivity contribution < 1.29 is 0 Å². The topological polar surface area (TPSA) is 26.0 Å². The molecule has 1 aromatic heterocycles.